The molecule has 1 aliphatic rings. The van der Waals surface area contributed by atoms with Gasteiger partial charge in [-0.2, -0.15) is 0 Å². The molecule has 7 nitrogen and oxygen atoms in total. The number of halogens is 1. The molecule has 0 amide bonds. The second-order valence-electron chi connectivity index (χ2n) is 6.85. The summed E-state index contributed by atoms with van der Waals surface area (Å²) in [6, 6.07) is 3.25. The number of esters is 1. The van der Waals surface area contributed by atoms with E-state index in [-0.39, 0.29) is 17.8 Å². The van der Waals surface area contributed by atoms with Gasteiger partial charge in [-0.3, -0.25) is 9.79 Å². The van der Waals surface area contributed by atoms with Crippen molar-refractivity contribution in [3.8, 4) is 0 Å². The number of carbonyl (C=O) groups is 1. The van der Waals surface area contributed by atoms with Crippen LogP contribution in [-0.4, -0.2) is 56.2 Å². The van der Waals surface area contributed by atoms with E-state index in [0.717, 1.165) is 51.2 Å². The zero-order valence-electron chi connectivity index (χ0n) is 16.9. The summed E-state index contributed by atoms with van der Waals surface area (Å²) in [4.78, 5) is 21.7. The van der Waals surface area contributed by atoms with Crippen LogP contribution in [0.2, 0.25) is 0 Å². The molecular weight excluding hydrogens is 361 g/mol. The summed E-state index contributed by atoms with van der Waals surface area (Å²) in [5, 5.41) is 6.72. The van der Waals surface area contributed by atoms with Crippen LogP contribution >= 0.6 is 0 Å². The maximum atomic E-state index is 13.9. The van der Waals surface area contributed by atoms with Crippen LogP contribution in [0.4, 0.5) is 10.2 Å². The Morgan fingerprint density at radius 1 is 1.39 bits per heavy atom. The summed E-state index contributed by atoms with van der Waals surface area (Å²) in [6.45, 7) is 4.56. The average Bonchev–Trinajstić information content (AvgIpc) is 3.15. The van der Waals surface area contributed by atoms with Crippen LogP contribution in [-0.2, 0) is 9.53 Å². The number of hydrogen-bond donors (Lipinski definition) is 2. The van der Waals surface area contributed by atoms with Crippen LogP contribution < -0.4 is 15.5 Å². The SMILES string of the molecule is CCOC(=O)CCCCCCNC(=NC)NC1CCN(c2ncccc2F)C1. The van der Waals surface area contributed by atoms with Crippen molar-refractivity contribution in [2.45, 2.75) is 51.5 Å². The molecule has 2 N–H and O–H groups in total. The number of ether oxygens (including phenoxy) is 1. The predicted molar refractivity (Wildman–Crippen MR) is 109 cm³/mol. The third-order valence-corrected chi connectivity index (χ3v) is 4.70. The summed E-state index contributed by atoms with van der Waals surface area (Å²) in [5.41, 5.74) is 0. The number of nitrogens with zero attached hydrogens (tertiary/aromatic N) is 3. The van der Waals surface area contributed by atoms with Crippen molar-refractivity contribution in [3.05, 3.63) is 24.1 Å². The van der Waals surface area contributed by atoms with Gasteiger partial charge in [0.15, 0.2) is 17.6 Å². The number of anilines is 1. The molecule has 1 saturated heterocycles. The highest BCUT2D eigenvalue weighted by Gasteiger charge is 2.25. The maximum Gasteiger partial charge on any atom is 0.305 e. The average molecular weight is 394 g/mol. The van der Waals surface area contributed by atoms with Crippen LogP contribution in [0.5, 0.6) is 0 Å². The molecule has 1 unspecified atom stereocenters. The predicted octanol–water partition coefficient (Wildman–Crippen LogP) is 2.48. The molecule has 0 bridgehead atoms. The number of unbranched alkanes of at least 4 members (excludes halogenated alkanes) is 3. The molecule has 28 heavy (non-hydrogen) atoms. The highest BCUT2D eigenvalue weighted by atomic mass is 19.1. The van der Waals surface area contributed by atoms with Gasteiger partial charge >= 0.3 is 5.97 Å². The van der Waals surface area contributed by atoms with Gasteiger partial charge in [0.25, 0.3) is 0 Å². The Labute approximate surface area is 166 Å². The van der Waals surface area contributed by atoms with E-state index in [1.54, 1.807) is 19.3 Å². The van der Waals surface area contributed by atoms with Gasteiger partial charge in [-0.1, -0.05) is 12.8 Å². The van der Waals surface area contributed by atoms with Gasteiger partial charge < -0.3 is 20.3 Å². The Morgan fingerprint density at radius 3 is 2.96 bits per heavy atom. The smallest absolute Gasteiger partial charge is 0.305 e. The minimum atomic E-state index is -0.284. The molecule has 156 valence electrons. The first kappa shape index (κ1) is 21.9. The number of guanidine groups is 1. The lowest BCUT2D eigenvalue weighted by Gasteiger charge is -2.20. The summed E-state index contributed by atoms with van der Waals surface area (Å²) in [7, 11) is 1.75. The monoisotopic (exact) mass is 393 g/mol. The highest BCUT2D eigenvalue weighted by molar-refractivity contribution is 5.80. The van der Waals surface area contributed by atoms with E-state index in [1.807, 2.05) is 11.8 Å². The largest absolute Gasteiger partial charge is 0.466 e. The third-order valence-electron chi connectivity index (χ3n) is 4.70. The summed E-state index contributed by atoms with van der Waals surface area (Å²) in [5.74, 6) is 0.785. The number of aromatic nitrogens is 1. The first-order chi connectivity index (χ1) is 13.6. The molecule has 1 aromatic rings. The Kier molecular flexibility index (Phi) is 9.51. The first-order valence-electron chi connectivity index (χ1n) is 10.1. The molecule has 2 rings (SSSR count). The van der Waals surface area contributed by atoms with Gasteiger partial charge in [0.05, 0.1) is 6.61 Å². The standard InChI is InChI=1S/C20H32FN5O2/c1-3-28-18(27)10-6-4-5-7-12-24-20(22-2)25-16-11-14-26(15-16)19-17(21)9-8-13-23-19/h8-9,13,16H,3-7,10-12,14-15H2,1-2H3,(H2,22,24,25). The number of aliphatic imine (C=N–C) groups is 1. The molecule has 1 aromatic heterocycles. The zero-order valence-corrected chi connectivity index (χ0v) is 16.9. The highest BCUT2D eigenvalue weighted by Crippen LogP contribution is 2.20. The zero-order chi connectivity index (χ0) is 20.2. The van der Waals surface area contributed by atoms with Crippen LogP contribution in [0.25, 0.3) is 0 Å². The van der Waals surface area contributed by atoms with Crippen LogP contribution in [0.15, 0.2) is 23.3 Å². The molecule has 1 fully saturated rings. The lowest BCUT2D eigenvalue weighted by atomic mass is 10.1. The number of rotatable bonds is 10. The Morgan fingerprint density at radius 2 is 2.21 bits per heavy atom. The third kappa shape index (κ3) is 7.32. The molecule has 0 saturated carbocycles. The fourth-order valence-corrected chi connectivity index (χ4v) is 3.26. The van der Waals surface area contributed by atoms with Gasteiger partial charge in [0, 0.05) is 45.3 Å². The van der Waals surface area contributed by atoms with Gasteiger partial charge in [-0.25, -0.2) is 9.37 Å². The Hall–Kier alpha value is -2.38. The summed E-state index contributed by atoms with van der Waals surface area (Å²) in [6.07, 6.45) is 6.98. The lowest BCUT2D eigenvalue weighted by Crippen LogP contribution is -2.45. The van der Waals surface area contributed by atoms with Gasteiger partial charge in [-0.05, 0) is 38.3 Å². The van der Waals surface area contributed by atoms with E-state index in [9.17, 15) is 9.18 Å². The van der Waals surface area contributed by atoms with Crippen molar-refractivity contribution in [3.63, 3.8) is 0 Å². The molecule has 0 radical (unpaired) electrons. The topological polar surface area (TPSA) is 78.8 Å². The van der Waals surface area contributed by atoms with Crippen molar-refractivity contribution < 1.29 is 13.9 Å². The quantitative estimate of drug-likeness (QED) is 0.275. The van der Waals surface area contributed by atoms with E-state index in [1.165, 1.54) is 6.07 Å². The van der Waals surface area contributed by atoms with Gasteiger partial charge in [0.2, 0.25) is 0 Å². The van der Waals surface area contributed by atoms with E-state index in [2.05, 4.69) is 20.6 Å². The molecule has 0 aromatic carbocycles. The molecule has 0 aliphatic carbocycles. The minimum Gasteiger partial charge on any atom is -0.466 e. The fourth-order valence-electron chi connectivity index (χ4n) is 3.26. The van der Waals surface area contributed by atoms with Crippen molar-refractivity contribution >= 4 is 17.7 Å². The number of carbonyl (C=O) groups excluding carboxylic acids is 1. The number of nitrogens with one attached hydrogen (secondary N) is 2. The van der Waals surface area contributed by atoms with E-state index in [4.69, 9.17) is 4.74 Å². The van der Waals surface area contributed by atoms with E-state index in [0.29, 0.717) is 25.4 Å². The lowest BCUT2D eigenvalue weighted by molar-refractivity contribution is -0.143. The van der Waals surface area contributed by atoms with Crippen molar-refractivity contribution in [1.82, 2.24) is 15.6 Å². The molecule has 8 heteroatoms. The van der Waals surface area contributed by atoms with Crippen LogP contribution in [0.1, 0.15) is 45.4 Å². The maximum absolute atomic E-state index is 13.9. The molecular formula is C20H32FN5O2. The van der Waals surface area contributed by atoms with Crippen LogP contribution in [0.3, 0.4) is 0 Å². The second kappa shape index (κ2) is 12.2. The minimum absolute atomic E-state index is 0.110. The molecule has 1 aliphatic heterocycles. The molecule has 2 heterocycles. The number of hydrogen-bond acceptors (Lipinski definition) is 5. The fraction of sp³-hybridized carbons (Fsp3) is 0.650. The Bertz CT molecular complexity index is 641. The summed E-state index contributed by atoms with van der Waals surface area (Å²) < 4.78 is 18.8. The van der Waals surface area contributed by atoms with Crippen molar-refractivity contribution in [2.24, 2.45) is 4.99 Å². The second-order valence-corrected chi connectivity index (χ2v) is 6.85. The summed E-state index contributed by atoms with van der Waals surface area (Å²) >= 11 is 0. The van der Waals surface area contributed by atoms with Gasteiger partial charge in [0.1, 0.15) is 0 Å². The van der Waals surface area contributed by atoms with E-state index >= 15 is 0 Å². The first-order valence-corrected chi connectivity index (χ1v) is 10.1. The number of pyridine rings is 1. The van der Waals surface area contributed by atoms with Crippen LogP contribution in [0, 0.1) is 5.82 Å². The Balaban J connectivity index is 1.60. The normalized spacial score (nSPS) is 16.9. The molecule has 0 spiro atoms. The van der Waals surface area contributed by atoms with E-state index < -0.39 is 0 Å². The van der Waals surface area contributed by atoms with Crippen molar-refractivity contribution in [1.29, 1.82) is 0 Å². The van der Waals surface area contributed by atoms with Crippen molar-refractivity contribution in [2.75, 3.05) is 38.2 Å². The van der Waals surface area contributed by atoms with Gasteiger partial charge in [-0.15, -0.1) is 0 Å². The molecule has 1 atom stereocenters.